The van der Waals surface area contributed by atoms with Gasteiger partial charge < -0.3 is 4.52 Å². The number of hydrogen-bond acceptors (Lipinski definition) is 7. The van der Waals surface area contributed by atoms with Crippen molar-refractivity contribution in [1.82, 2.24) is 14.4 Å². The maximum absolute atomic E-state index is 13.2. The van der Waals surface area contributed by atoms with Gasteiger partial charge in [-0.3, -0.25) is 10.1 Å². The van der Waals surface area contributed by atoms with E-state index in [0.29, 0.717) is 18.7 Å². The lowest BCUT2D eigenvalue weighted by Crippen LogP contribution is -2.31. The topological polar surface area (TPSA) is 119 Å². The molecular weight excluding hydrogens is 432 g/mol. The maximum Gasteiger partial charge on any atom is 0.289 e. The summed E-state index contributed by atoms with van der Waals surface area (Å²) in [5.74, 6) is 0.562. The number of aromatic nitrogens is 2. The molecule has 0 aliphatic carbocycles. The van der Waals surface area contributed by atoms with Crippen molar-refractivity contribution in [3.05, 3.63) is 69.1 Å². The van der Waals surface area contributed by atoms with Gasteiger partial charge in [-0.25, -0.2) is 8.42 Å². The van der Waals surface area contributed by atoms with Crippen molar-refractivity contribution in [2.75, 3.05) is 6.54 Å². The summed E-state index contributed by atoms with van der Waals surface area (Å²) in [5.41, 5.74) is 1.39. The standard InChI is InChI=1S/C19H17ClN4O5S/c1-12-4-6-13(7-5-12)18-21-19(29-22-18)16-3-2-10-23(16)30(27,28)14-8-9-15(20)17(11-14)24(25)26/h4-9,11,16H,2-3,10H2,1H3. The molecule has 0 bridgehead atoms. The third-order valence-electron chi connectivity index (χ3n) is 4.96. The molecule has 9 nitrogen and oxygen atoms in total. The molecule has 1 saturated heterocycles. The zero-order valence-corrected chi connectivity index (χ0v) is 17.4. The largest absolute Gasteiger partial charge is 0.337 e. The Labute approximate surface area is 177 Å². The number of halogens is 1. The number of benzene rings is 2. The predicted octanol–water partition coefficient (Wildman–Crippen LogP) is 4.13. The van der Waals surface area contributed by atoms with Gasteiger partial charge in [-0.05, 0) is 31.9 Å². The molecule has 4 rings (SSSR count). The van der Waals surface area contributed by atoms with Gasteiger partial charge in [0.25, 0.3) is 5.69 Å². The van der Waals surface area contributed by atoms with Crippen LogP contribution in [0.2, 0.25) is 5.02 Å². The molecule has 0 radical (unpaired) electrons. The Kier molecular flexibility index (Phi) is 5.31. The van der Waals surface area contributed by atoms with Crippen molar-refractivity contribution < 1.29 is 17.9 Å². The molecular formula is C19H17ClN4O5S. The normalized spacial score (nSPS) is 17.3. The van der Waals surface area contributed by atoms with Crippen LogP contribution in [0.4, 0.5) is 5.69 Å². The van der Waals surface area contributed by atoms with Gasteiger partial charge in [-0.2, -0.15) is 9.29 Å². The molecule has 1 unspecified atom stereocenters. The van der Waals surface area contributed by atoms with Crippen molar-refractivity contribution >= 4 is 27.3 Å². The minimum absolute atomic E-state index is 0.128. The van der Waals surface area contributed by atoms with E-state index < -0.39 is 26.7 Å². The summed E-state index contributed by atoms with van der Waals surface area (Å²) in [6, 6.07) is 10.4. The van der Waals surface area contributed by atoms with Gasteiger partial charge in [0.1, 0.15) is 11.1 Å². The summed E-state index contributed by atoms with van der Waals surface area (Å²) in [7, 11) is -4.03. The van der Waals surface area contributed by atoms with Crippen molar-refractivity contribution in [3.63, 3.8) is 0 Å². The first-order valence-corrected chi connectivity index (χ1v) is 11.0. The van der Waals surface area contributed by atoms with Gasteiger partial charge in [-0.1, -0.05) is 46.6 Å². The summed E-state index contributed by atoms with van der Waals surface area (Å²) >= 11 is 5.81. The Bertz CT molecular complexity index is 1210. The van der Waals surface area contributed by atoms with E-state index in [9.17, 15) is 18.5 Å². The van der Waals surface area contributed by atoms with E-state index in [1.807, 2.05) is 31.2 Å². The third-order valence-corrected chi connectivity index (χ3v) is 7.18. The molecule has 156 valence electrons. The molecule has 11 heteroatoms. The Morgan fingerprint density at radius 3 is 2.67 bits per heavy atom. The van der Waals surface area contributed by atoms with Crippen LogP contribution in [0.3, 0.4) is 0 Å². The quantitative estimate of drug-likeness (QED) is 0.425. The molecule has 1 aliphatic rings. The summed E-state index contributed by atoms with van der Waals surface area (Å²) in [6.07, 6.45) is 1.10. The molecule has 0 spiro atoms. The van der Waals surface area contributed by atoms with Crippen LogP contribution in [0.25, 0.3) is 11.4 Å². The Morgan fingerprint density at radius 2 is 1.97 bits per heavy atom. The summed E-state index contributed by atoms with van der Waals surface area (Å²) in [4.78, 5) is 14.6. The molecule has 30 heavy (non-hydrogen) atoms. The van der Waals surface area contributed by atoms with Crippen LogP contribution in [-0.2, 0) is 10.0 Å². The SMILES string of the molecule is Cc1ccc(-c2noc(C3CCCN3S(=O)(=O)c3ccc(Cl)c([N+](=O)[O-])c3)n2)cc1. The van der Waals surface area contributed by atoms with Crippen LogP contribution in [0, 0.1) is 17.0 Å². The van der Waals surface area contributed by atoms with E-state index in [2.05, 4.69) is 10.1 Å². The number of nitro groups is 1. The van der Waals surface area contributed by atoms with E-state index >= 15 is 0 Å². The van der Waals surface area contributed by atoms with Crippen LogP contribution in [0.15, 0.2) is 51.9 Å². The molecule has 1 fully saturated rings. The first kappa shape index (κ1) is 20.5. The second kappa shape index (κ2) is 7.78. The number of nitrogens with zero attached hydrogens (tertiary/aromatic N) is 4. The highest BCUT2D eigenvalue weighted by Crippen LogP contribution is 2.38. The molecule has 2 heterocycles. The van der Waals surface area contributed by atoms with E-state index in [4.69, 9.17) is 16.1 Å². The fraction of sp³-hybridized carbons (Fsp3) is 0.263. The number of nitro benzene ring substituents is 1. The van der Waals surface area contributed by atoms with Crippen LogP contribution in [0.5, 0.6) is 0 Å². The molecule has 1 aliphatic heterocycles. The van der Waals surface area contributed by atoms with E-state index in [-0.39, 0.29) is 22.4 Å². The first-order valence-electron chi connectivity index (χ1n) is 9.14. The Hall–Kier alpha value is -2.82. The van der Waals surface area contributed by atoms with Crippen LogP contribution < -0.4 is 0 Å². The second-order valence-corrected chi connectivity index (χ2v) is 9.26. The number of hydrogen-bond donors (Lipinski definition) is 0. The maximum atomic E-state index is 13.2. The summed E-state index contributed by atoms with van der Waals surface area (Å²) < 4.78 is 33.0. The van der Waals surface area contributed by atoms with Gasteiger partial charge in [0.2, 0.25) is 21.7 Å². The lowest BCUT2D eigenvalue weighted by molar-refractivity contribution is -0.384. The third kappa shape index (κ3) is 3.69. The minimum atomic E-state index is -4.03. The van der Waals surface area contributed by atoms with Crippen molar-refractivity contribution in [2.45, 2.75) is 30.7 Å². The summed E-state index contributed by atoms with van der Waals surface area (Å²) in [5, 5.41) is 15.0. The highest BCUT2D eigenvalue weighted by atomic mass is 35.5. The lowest BCUT2D eigenvalue weighted by atomic mass is 10.1. The number of sulfonamides is 1. The molecule has 1 atom stereocenters. The minimum Gasteiger partial charge on any atom is -0.337 e. The fourth-order valence-corrected chi connectivity index (χ4v) is 5.25. The zero-order chi connectivity index (χ0) is 21.5. The smallest absolute Gasteiger partial charge is 0.289 e. The number of aryl methyl sites for hydroxylation is 1. The molecule has 1 aromatic heterocycles. The Morgan fingerprint density at radius 1 is 1.23 bits per heavy atom. The molecule has 0 saturated carbocycles. The molecule has 0 N–H and O–H groups in total. The average Bonchev–Trinajstić information content (AvgIpc) is 3.38. The molecule has 0 amide bonds. The van der Waals surface area contributed by atoms with E-state index in [0.717, 1.165) is 17.2 Å². The molecule has 2 aromatic carbocycles. The van der Waals surface area contributed by atoms with Crippen molar-refractivity contribution in [2.24, 2.45) is 0 Å². The van der Waals surface area contributed by atoms with Crippen LogP contribution in [-0.4, -0.2) is 34.3 Å². The van der Waals surface area contributed by atoms with Crippen molar-refractivity contribution in [1.29, 1.82) is 0 Å². The highest BCUT2D eigenvalue weighted by Gasteiger charge is 2.40. The second-order valence-electron chi connectivity index (χ2n) is 6.97. The highest BCUT2D eigenvalue weighted by molar-refractivity contribution is 7.89. The fourth-order valence-electron chi connectivity index (χ4n) is 3.39. The summed E-state index contributed by atoms with van der Waals surface area (Å²) in [6.45, 7) is 2.21. The van der Waals surface area contributed by atoms with Crippen LogP contribution >= 0.6 is 11.6 Å². The van der Waals surface area contributed by atoms with Gasteiger partial charge in [0, 0.05) is 18.2 Å². The Balaban J connectivity index is 1.66. The predicted molar refractivity (Wildman–Crippen MR) is 108 cm³/mol. The first-order chi connectivity index (χ1) is 14.3. The molecule has 3 aromatic rings. The van der Waals surface area contributed by atoms with E-state index in [1.165, 1.54) is 16.4 Å². The van der Waals surface area contributed by atoms with Gasteiger partial charge in [0.05, 0.1) is 9.82 Å². The average molecular weight is 449 g/mol. The zero-order valence-electron chi connectivity index (χ0n) is 15.9. The van der Waals surface area contributed by atoms with Crippen molar-refractivity contribution in [3.8, 4) is 11.4 Å². The van der Waals surface area contributed by atoms with Gasteiger partial charge in [0.15, 0.2) is 0 Å². The lowest BCUT2D eigenvalue weighted by Gasteiger charge is -2.21. The van der Waals surface area contributed by atoms with Gasteiger partial charge in [-0.15, -0.1) is 0 Å². The van der Waals surface area contributed by atoms with Crippen LogP contribution in [0.1, 0.15) is 30.3 Å². The number of rotatable bonds is 5. The van der Waals surface area contributed by atoms with Gasteiger partial charge >= 0.3 is 0 Å². The van der Waals surface area contributed by atoms with E-state index in [1.54, 1.807) is 0 Å². The monoisotopic (exact) mass is 448 g/mol.